The largest absolute Gasteiger partial charge is 0.497 e. The first-order valence-electron chi connectivity index (χ1n) is 9.64. The number of nitrogens with one attached hydrogen (secondary N) is 1. The smallest absolute Gasteiger partial charge is 0.224 e. The molecular weight excluding hydrogens is 368 g/mol. The Balaban J connectivity index is 1.93. The Morgan fingerprint density at radius 2 is 1.66 bits per heavy atom. The highest BCUT2D eigenvalue weighted by atomic mass is 16.5. The molecular formula is C23H30N2O4. The molecule has 1 N–H and O–H groups in total. The number of nitrogens with zero attached hydrogens (tertiary/aromatic N) is 1. The van der Waals surface area contributed by atoms with Gasteiger partial charge in [-0.15, -0.1) is 0 Å². The quantitative estimate of drug-likeness (QED) is 0.703. The highest BCUT2D eigenvalue weighted by Crippen LogP contribution is 2.21. The molecule has 2 aromatic carbocycles. The number of aryl methyl sites for hydroxylation is 2. The minimum Gasteiger partial charge on any atom is -0.497 e. The Morgan fingerprint density at radius 3 is 2.21 bits per heavy atom. The lowest BCUT2D eigenvalue weighted by Crippen LogP contribution is -2.35. The summed E-state index contributed by atoms with van der Waals surface area (Å²) in [6, 6.07) is 13.0. The predicted molar refractivity (Wildman–Crippen MR) is 113 cm³/mol. The zero-order valence-electron chi connectivity index (χ0n) is 17.8. The van der Waals surface area contributed by atoms with Crippen molar-refractivity contribution in [2.24, 2.45) is 0 Å². The van der Waals surface area contributed by atoms with Gasteiger partial charge in [0.15, 0.2) is 0 Å². The second-order valence-corrected chi connectivity index (χ2v) is 7.22. The first-order valence-corrected chi connectivity index (χ1v) is 9.64. The van der Waals surface area contributed by atoms with Crippen LogP contribution in [0.25, 0.3) is 0 Å². The molecule has 0 aliphatic carbocycles. The van der Waals surface area contributed by atoms with Gasteiger partial charge in [0.25, 0.3) is 0 Å². The maximum atomic E-state index is 12.7. The Labute approximate surface area is 172 Å². The first kappa shape index (κ1) is 22.3. The Hall–Kier alpha value is -3.02. The zero-order valence-corrected chi connectivity index (χ0v) is 17.8. The van der Waals surface area contributed by atoms with Crippen molar-refractivity contribution in [3.8, 4) is 11.5 Å². The number of ether oxygens (including phenoxy) is 2. The average Bonchev–Trinajstić information content (AvgIpc) is 2.66. The molecule has 0 aliphatic heterocycles. The molecule has 0 aliphatic rings. The molecule has 0 fully saturated rings. The van der Waals surface area contributed by atoms with Crippen molar-refractivity contribution in [1.29, 1.82) is 0 Å². The van der Waals surface area contributed by atoms with Crippen LogP contribution >= 0.6 is 0 Å². The molecule has 0 spiro atoms. The van der Waals surface area contributed by atoms with Crippen LogP contribution in [0.2, 0.25) is 0 Å². The molecule has 6 nitrogen and oxygen atoms in total. The monoisotopic (exact) mass is 398 g/mol. The van der Waals surface area contributed by atoms with Crippen LogP contribution in [0, 0.1) is 13.8 Å². The summed E-state index contributed by atoms with van der Waals surface area (Å²) in [4.78, 5) is 25.9. The second-order valence-electron chi connectivity index (χ2n) is 7.22. The topological polar surface area (TPSA) is 67.9 Å². The summed E-state index contributed by atoms with van der Waals surface area (Å²) in [5, 5.41) is 2.86. The fourth-order valence-electron chi connectivity index (χ4n) is 3.11. The molecule has 0 saturated heterocycles. The van der Waals surface area contributed by atoms with Gasteiger partial charge in [-0.05, 0) is 54.8 Å². The number of hydrogen-bond acceptors (Lipinski definition) is 4. The second kappa shape index (κ2) is 10.5. The van der Waals surface area contributed by atoms with Gasteiger partial charge in [0.1, 0.15) is 18.1 Å². The highest BCUT2D eigenvalue weighted by molar-refractivity contribution is 5.79. The fraction of sp³-hybridized carbons (Fsp3) is 0.391. The van der Waals surface area contributed by atoms with Gasteiger partial charge in [-0.1, -0.05) is 18.2 Å². The normalized spacial score (nSPS) is 11.5. The Kier molecular flexibility index (Phi) is 8.07. The van der Waals surface area contributed by atoms with Crippen LogP contribution in [0.3, 0.4) is 0 Å². The number of benzene rings is 2. The molecule has 6 heteroatoms. The van der Waals surface area contributed by atoms with E-state index in [4.69, 9.17) is 9.47 Å². The fourth-order valence-corrected chi connectivity index (χ4v) is 3.11. The molecule has 0 bridgehead atoms. The van der Waals surface area contributed by atoms with Crippen LogP contribution in [0.15, 0.2) is 42.5 Å². The van der Waals surface area contributed by atoms with Gasteiger partial charge in [0.05, 0.1) is 26.1 Å². The van der Waals surface area contributed by atoms with Crippen molar-refractivity contribution in [3.05, 3.63) is 59.2 Å². The molecule has 2 rings (SSSR count). The van der Waals surface area contributed by atoms with Crippen molar-refractivity contribution < 1.29 is 19.1 Å². The summed E-state index contributed by atoms with van der Waals surface area (Å²) in [7, 11) is 3.34. The van der Waals surface area contributed by atoms with Gasteiger partial charge < -0.3 is 19.7 Å². The van der Waals surface area contributed by atoms with E-state index in [0.717, 1.165) is 28.2 Å². The van der Waals surface area contributed by atoms with Crippen molar-refractivity contribution in [2.75, 3.05) is 27.3 Å². The molecule has 0 heterocycles. The van der Waals surface area contributed by atoms with Crippen molar-refractivity contribution >= 4 is 11.8 Å². The van der Waals surface area contributed by atoms with E-state index in [1.807, 2.05) is 50.2 Å². The Morgan fingerprint density at radius 1 is 1.03 bits per heavy atom. The predicted octanol–water partition coefficient (Wildman–Crippen LogP) is 3.42. The highest BCUT2D eigenvalue weighted by Gasteiger charge is 2.19. The number of methoxy groups -OCH3 is 1. The maximum absolute atomic E-state index is 12.7. The third kappa shape index (κ3) is 7.14. The summed E-state index contributed by atoms with van der Waals surface area (Å²) >= 11 is 0. The Bertz CT molecular complexity index is 813. The van der Waals surface area contributed by atoms with E-state index in [2.05, 4.69) is 11.4 Å². The molecule has 2 aromatic rings. The molecule has 2 amide bonds. The van der Waals surface area contributed by atoms with Gasteiger partial charge >= 0.3 is 0 Å². The number of amides is 2. The number of carbonyl (C=O) groups excluding carboxylic acids is 2. The standard InChI is InChI=1S/C23H30N2O4/c1-16-12-17(2)14-21(13-16)29-11-10-25(4)23(27)15-22(24-18(3)26)19-6-8-20(28-5)9-7-19/h6-9,12-14,22H,10-11,15H2,1-5H3,(H,24,26). The minimum absolute atomic E-state index is 0.0661. The van der Waals surface area contributed by atoms with Crippen LogP contribution in [-0.4, -0.2) is 44.0 Å². The summed E-state index contributed by atoms with van der Waals surface area (Å²) in [6.07, 6.45) is 0.173. The van der Waals surface area contributed by atoms with Gasteiger partial charge in [-0.2, -0.15) is 0 Å². The lowest BCUT2D eigenvalue weighted by molar-refractivity contribution is -0.131. The lowest BCUT2D eigenvalue weighted by atomic mass is 10.0. The molecule has 0 saturated carbocycles. The number of carbonyl (C=O) groups is 2. The molecule has 0 radical (unpaired) electrons. The number of rotatable bonds is 9. The van der Waals surface area contributed by atoms with Crippen molar-refractivity contribution in [2.45, 2.75) is 33.2 Å². The third-order valence-corrected chi connectivity index (χ3v) is 4.59. The molecule has 0 aromatic heterocycles. The lowest BCUT2D eigenvalue weighted by Gasteiger charge is -2.23. The van der Waals surface area contributed by atoms with E-state index in [1.165, 1.54) is 6.92 Å². The molecule has 29 heavy (non-hydrogen) atoms. The minimum atomic E-state index is -0.395. The van der Waals surface area contributed by atoms with Crippen LogP contribution < -0.4 is 14.8 Å². The first-order chi connectivity index (χ1) is 13.8. The van der Waals surface area contributed by atoms with Crippen molar-refractivity contribution in [1.82, 2.24) is 10.2 Å². The molecule has 1 atom stereocenters. The van der Waals surface area contributed by atoms with Gasteiger partial charge in [0.2, 0.25) is 11.8 Å². The van der Waals surface area contributed by atoms with Crippen LogP contribution in [-0.2, 0) is 9.59 Å². The molecule has 1 unspecified atom stereocenters. The van der Waals surface area contributed by atoms with Crippen LogP contribution in [0.4, 0.5) is 0 Å². The average molecular weight is 399 g/mol. The summed E-state index contributed by atoms with van der Waals surface area (Å²) in [6.45, 7) is 6.36. The van der Waals surface area contributed by atoms with Crippen LogP contribution in [0.1, 0.15) is 36.1 Å². The molecule has 156 valence electrons. The van der Waals surface area contributed by atoms with E-state index in [-0.39, 0.29) is 18.2 Å². The number of likely N-dealkylation sites (N-methyl/N-ethyl adjacent to an activating group) is 1. The van der Waals surface area contributed by atoms with Crippen LogP contribution in [0.5, 0.6) is 11.5 Å². The number of hydrogen-bond donors (Lipinski definition) is 1. The van der Waals surface area contributed by atoms with Gasteiger partial charge in [-0.3, -0.25) is 9.59 Å². The van der Waals surface area contributed by atoms with Gasteiger partial charge in [0, 0.05) is 14.0 Å². The van der Waals surface area contributed by atoms with E-state index < -0.39 is 6.04 Å². The van der Waals surface area contributed by atoms with E-state index in [0.29, 0.717) is 13.2 Å². The summed E-state index contributed by atoms with van der Waals surface area (Å²) < 4.78 is 11.0. The van der Waals surface area contributed by atoms with Crippen molar-refractivity contribution in [3.63, 3.8) is 0 Å². The van der Waals surface area contributed by atoms with Gasteiger partial charge in [-0.25, -0.2) is 0 Å². The SMILES string of the molecule is COc1ccc(C(CC(=O)N(C)CCOc2cc(C)cc(C)c2)NC(C)=O)cc1. The van der Waals surface area contributed by atoms with E-state index in [9.17, 15) is 9.59 Å². The maximum Gasteiger partial charge on any atom is 0.224 e. The summed E-state index contributed by atoms with van der Waals surface area (Å²) in [5.41, 5.74) is 3.14. The van der Waals surface area contributed by atoms with E-state index >= 15 is 0 Å². The van der Waals surface area contributed by atoms with E-state index in [1.54, 1.807) is 19.1 Å². The summed E-state index contributed by atoms with van der Waals surface area (Å²) in [5.74, 6) is 1.28. The third-order valence-electron chi connectivity index (χ3n) is 4.59. The zero-order chi connectivity index (χ0) is 21.4.